The van der Waals surface area contributed by atoms with E-state index >= 15 is 0 Å². The summed E-state index contributed by atoms with van der Waals surface area (Å²) in [6.45, 7) is 0.758. The lowest BCUT2D eigenvalue weighted by atomic mass is 10.2. The average molecular weight is 299 g/mol. The van der Waals surface area contributed by atoms with Gasteiger partial charge in [-0.15, -0.1) is 13.2 Å². The third-order valence-electron chi connectivity index (χ3n) is 2.76. The Balaban J connectivity index is 1.85. The third kappa shape index (κ3) is 5.07. The summed E-state index contributed by atoms with van der Waals surface area (Å²) < 4.78 is 53.1. The maximum Gasteiger partial charge on any atom is 0.573 e. The first-order valence-corrected chi connectivity index (χ1v) is 6.23. The molecule has 2 aromatic rings. The van der Waals surface area contributed by atoms with Gasteiger partial charge in [0.05, 0.1) is 0 Å². The topological polar surface area (TPSA) is 21.3 Å². The fourth-order valence-electron chi connectivity index (χ4n) is 1.79. The Hall–Kier alpha value is -2.08. The van der Waals surface area contributed by atoms with Crippen molar-refractivity contribution >= 4 is 0 Å². The van der Waals surface area contributed by atoms with Crippen LogP contribution in [0, 0.1) is 5.82 Å². The molecule has 0 atom stereocenters. The summed E-state index contributed by atoms with van der Waals surface area (Å²) in [7, 11) is 0. The average Bonchev–Trinajstić information content (AvgIpc) is 2.41. The van der Waals surface area contributed by atoms with Crippen LogP contribution in [0.2, 0.25) is 0 Å². The van der Waals surface area contributed by atoms with Crippen molar-refractivity contribution in [2.75, 3.05) is 0 Å². The van der Waals surface area contributed by atoms with Crippen molar-refractivity contribution < 1.29 is 22.3 Å². The van der Waals surface area contributed by atoms with Crippen LogP contribution in [0.25, 0.3) is 0 Å². The van der Waals surface area contributed by atoms with Crippen LogP contribution in [-0.4, -0.2) is 6.36 Å². The van der Waals surface area contributed by atoms with E-state index in [9.17, 15) is 17.6 Å². The third-order valence-corrected chi connectivity index (χ3v) is 2.76. The minimum absolute atomic E-state index is 0.264. The van der Waals surface area contributed by atoms with Crippen LogP contribution in [0.5, 0.6) is 5.75 Å². The van der Waals surface area contributed by atoms with Crippen molar-refractivity contribution in [1.82, 2.24) is 5.32 Å². The molecule has 2 nitrogen and oxygen atoms in total. The minimum atomic E-state index is -4.69. The van der Waals surface area contributed by atoms with E-state index in [-0.39, 0.29) is 11.6 Å². The molecule has 6 heteroatoms. The van der Waals surface area contributed by atoms with Crippen LogP contribution >= 0.6 is 0 Å². The van der Waals surface area contributed by atoms with Gasteiger partial charge in [0.25, 0.3) is 0 Å². The van der Waals surface area contributed by atoms with E-state index in [1.54, 1.807) is 18.2 Å². The van der Waals surface area contributed by atoms with Gasteiger partial charge in [0, 0.05) is 18.7 Å². The molecule has 2 aromatic carbocycles. The molecule has 0 bridgehead atoms. The zero-order valence-corrected chi connectivity index (χ0v) is 11.0. The van der Waals surface area contributed by atoms with Crippen LogP contribution in [0.1, 0.15) is 11.1 Å². The molecular weight excluding hydrogens is 286 g/mol. The predicted octanol–water partition coefficient (Wildman–Crippen LogP) is 4.01. The first kappa shape index (κ1) is 15.3. The summed E-state index contributed by atoms with van der Waals surface area (Å²) in [6, 6.07) is 11.9. The molecule has 0 saturated heterocycles. The minimum Gasteiger partial charge on any atom is -0.406 e. The Kier molecular flexibility index (Phi) is 4.80. The monoisotopic (exact) mass is 299 g/mol. The molecule has 2 rings (SSSR count). The van der Waals surface area contributed by atoms with E-state index in [0.29, 0.717) is 18.7 Å². The molecule has 0 aliphatic carbocycles. The second kappa shape index (κ2) is 6.58. The Morgan fingerprint density at radius 2 is 1.57 bits per heavy atom. The van der Waals surface area contributed by atoms with E-state index in [1.807, 2.05) is 0 Å². The second-order valence-electron chi connectivity index (χ2n) is 4.39. The van der Waals surface area contributed by atoms with Crippen molar-refractivity contribution in [2.45, 2.75) is 19.5 Å². The summed E-state index contributed by atoms with van der Waals surface area (Å²) in [5.74, 6) is -0.556. The molecule has 21 heavy (non-hydrogen) atoms. The Labute approximate surface area is 119 Å². The molecule has 0 heterocycles. The molecule has 0 fully saturated rings. The number of nitrogens with one attached hydrogen (secondary N) is 1. The smallest absolute Gasteiger partial charge is 0.406 e. The number of ether oxygens (including phenoxy) is 1. The number of benzene rings is 2. The van der Waals surface area contributed by atoms with Crippen LogP contribution in [-0.2, 0) is 13.1 Å². The Morgan fingerprint density at radius 3 is 2.19 bits per heavy atom. The maximum absolute atomic E-state index is 13.4. The molecule has 0 aliphatic rings. The molecule has 0 aromatic heterocycles. The van der Waals surface area contributed by atoms with Crippen molar-refractivity contribution in [3.8, 4) is 5.75 Å². The number of rotatable bonds is 5. The molecule has 0 amide bonds. The van der Waals surface area contributed by atoms with Crippen molar-refractivity contribution in [3.05, 3.63) is 65.5 Å². The molecule has 0 aliphatic heterocycles. The van der Waals surface area contributed by atoms with E-state index < -0.39 is 6.36 Å². The quantitative estimate of drug-likeness (QED) is 0.842. The van der Waals surface area contributed by atoms with Gasteiger partial charge in [0.1, 0.15) is 11.6 Å². The van der Waals surface area contributed by atoms with E-state index in [2.05, 4.69) is 10.1 Å². The molecule has 0 spiro atoms. The molecular formula is C15H13F4NO. The summed E-state index contributed by atoms with van der Waals surface area (Å²) in [5.41, 5.74) is 1.32. The zero-order chi connectivity index (χ0) is 15.3. The van der Waals surface area contributed by atoms with Gasteiger partial charge >= 0.3 is 6.36 Å². The highest BCUT2D eigenvalue weighted by Crippen LogP contribution is 2.22. The largest absolute Gasteiger partial charge is 0.573 e. The summed E-state index contributed by atoms with van der Waals surface area (Å²) in [4.78, 5) is 0. The summed E-state index contributed by atoms with van der Waals surface area (Å²) in [5, 5.41) is 3.02. The van der Waals surface area contributed by atoms with E-state index in [1.165, 1.54) is 30.3 Å². The molecule has 1 N–H and O–H groups in total. The van der Waals surface area contributed by atoms with Crippen molar-refractivity contribution in [2.24, 2.45) is 0 Å². The lowest BCUT2D eigenvalue weighted by molar-refractivity contribution is -0.274. The van der Waals surface area contributed by atoms with Gasteiger partial charge in [-0.1, -0.05) is 30.3 Å². The fourth-order valence-corrected chi connectivity index (χ4v) is 1.79. The number of alkyl halides is 3. The van der Waals surface area contributed by atoms with Crippen molar-refractivity contribution in [3.63, 3.8) is 0 Å². The highest BCUT2D eigenvalue weighted by Gasteiger charge is 2.30. The van der Waals surface area contributed by atoms with E-state index in [0.717, 1.165) is 5.56 Å². The van der Waals surface area contributed by atoms with Crippen LogP contribution in [0.3, 0.4) is 0 Å². The molecule has 0 saturated carbocycles. The number of hydrogen-bond donors (Lipinski definition) is 1. The highest BCUT2D eigenvalue weighted by molar-refractivity contribution is 5.27. The standard InChI is InChI=1S/C15H13F4NO/c16-14-4-2-1-3-12(14)10-20-9-11-5-7-13(8-6-11)21-15(17,18)19/h1-8,20H,9-10H2. The summed E-state index contributed by atoms with van der Waals surface area (Å²) >= 11 is 0. The number of hydrogen-bond acceptors (Lipinski definition) is 2. The van der Waals surface area contributed by atoms with Gasteiger partial charge in [-0.2, -0.15) is 0 Å². The lowest BCUT2D eigenvalue weighted by Crippen LogP contribution is -2.17. The fraction of sp³-hybridized carbons (Fsp3) is 0.200. The SMILES string of the molecule is Fc1ccccc1CNCc1ccc(OC(F)(F)F)cc1. The highest BCUT2D eigenvalue weighted by atomic mass is 19.4. The van der Waals surface area contributed by atoms with Crippen LogP contribution < -0.4 is 10.1 Å². The normalized spacial score (nSPS) is 11.4. The van der Waals surface area contributed by atoms with Crippen LogP contribution in [0.4, 0.5) is 17.6 Å². The zero-order valence-electron chi connectivity index (χ0n) is 11.0. The van der Waals surface area contributed by atoms with Crippen LogP contribution in [0.15, 0.2) is 48.5 Å². The van der Waals surface area contributed by atoms with Gasteiger partial charge in [-0.3, -0.25) is 0 Å². The molecule has 112 valence electrons. The number of halogens is 4. The van der Waals surface area contributed by atoms with Gasteiger partial charge in [0.2, 0.25) is 0 Å². The van der Waals surface area contributed by atoms with Gasteiger partial charge in [-0.25, -0.2) is 4.39 Å². The van der Waals surface area contributed by atoms with E-state index in [4.69, 9.17) is 0 Å². The lowest BCUT2D eigenvalue weighted by Gasteiger charge is -2.10. The Bertz CT molecular complexity index is 581. The first-order chi connectivity index (χ1) is 9.94. The van der Waals surface area contributed by atoms with Gasteiger partial charge in [0.15, 0.2) is 0 Å². The first-order valence-electron chi connectivity index (χ1n) is 6.23. The Morgan fingerprint density at radius 1 is 0.905 bits per heavy atom. The second-order valence-corrected chi connectivity index (χ2v) is 4.39. The molecule has 0 unspecified atom stereocenters. The molecule has 0 radical (unpaired) electrons. The van der Waals surface area contributed by atoms with Gasteiger partial charge < -0.3 is 10.1 Å². The summed E-state index contributed by atoms with van der Waals surface area (Å²) in [6.07, 6.45) is -4.69. The van der Waals surface area contributed by atoms with Crippen molar-refractivity contribution in [1.29, 1.82) is 0 Å². The maximum atomic E-state index is 13.4. The van der Waals surface area contributed by atoms with Gasteiger partial charge in [-0.05, 0) is 23.8 Å². The predicted molar refractivity (Wildman–Crippen MR) is 70.1 cm³/mol.